The molecule has 2 aromatic carbocycles. The number of anilines is 2. The zero-order chi connectivity index (χ0) is 20.7. The number of carbonyl (C=O) groups excluding carboxylic acids is 3. The van der Waals surface area contributed by atoms with Gasteiger partial charge in [0.05, 0.1) is 12.2 Å². The van der Waals surface area contributed by atoms with Crippen LogP contribution in [0, 0.1) is 13.8 Å². The largest absolute Gasteiger partial charge is 0.450 e. The van der Waals surface area contributed by atoms with Crippen molar-refractivity contribution in [3.63, 3.8) is 0 Å². The van der Waals surface area contributed by atoms with Gasteiger partial charge in [-0.05, 0) is 57.5 Å². The van der Waals surface area contributed by atoms with Crippen LogP contribution < -0.4 is 10.6 Å². The molecule has 2 N–H and O–H groups in total. The highest BCUT2D eigenvalue weighted by atomic mass is 16.6. The smallest absolute Gasteiger partial charge is 0.411 e. The van der Waals surface area contributed by atoms with Gasteiger partial charge in [0, 0.05) is 11.4 Å². The second-order valence-electron chi connectivity index (χ2n) is 6.28. The Morgan fingerprint density at radius 3 is 2.46 bits per heavy atom. The monoisotopic (exact) mass is 384 g/mol. The first-order chi connectivity index (χ1) is 13.3. The summed E-state index contributed by atoms with van der Waals surface area (Å²) in [5.41, 5.74) is 3.27. The van der Waals surface area contributed by atoms with Crippen LogP contribution in [0.4, 0.5) is 16.2 Å². The van der Waals surface area contributed by atoms with Gasteiger partial charge >= 0.3 is 12.1 Å². The Hall–Kier alpha value is -3.35. The van der Waals surface area contributed by atoms with E-state index in [0.717, 1.165) is 11.1 Å². The summed E-state index contributed by atoms with van der Waals surface area (Å²) >= 11 is 0. The third-order valence-corrected chi connectivity index (χ3v) is 3.91. The van der Waals surface area contributed by atoms with E-state index in [4.69, 9.17) is 9.47 Å². The molecule has 1 unspecified atom stereocenters. The summed E-state index contributed by atoms with van der Waals surface area (Å²) in [4.78, 5) is 36.2. The number of rotatable bonds is 6. The highest BCUT2D eigenvalue weighted by molar-refractivity contribution is 5.98. The molecule has 0 bridgehead atoms. The lowest BCUT2D eigenvalue weighted by atomic mass is 10.1. The number of hydrogen-bond acceptors (Lipinski definition) is 5. The Morgan fingerprint density at radius 2 is 1.79 bits per heavy atom. The van der Waals surface area contributed by atoms with Crippen molar-refractivity contribution in [3.05, 3.63) is 59.2 Å². The molecule has 28 heavy (non-hydrogen) atoms. The van der Waals surface area contributed by atoms with E-state index in [1.165, 1.54) is 19.1 Å². The molecule has 0 aliphatic rings. The number of esters is 1. The van der Waals surface area contributed by atoms with Crippen LogP contribution in [0.5, 0.6) is 0 Å². The molecular weight excluding hydrogens is 360 g/mol. The summed E-state index contributed by atoms with van der Waals surface area (Å²) in [6.07, 6.45) is -1.61. The summed E-state index contributed by atoms with van der Waals surface area (Å²) in [6, 6.07) is 11.8. The lowest BCUT2D eigenvalue weighted by Gasteiger charge is -2.15. The summed E-state index contributed by atoms with van der Waals surface area (Å²) in [5, 5.41) is 5.27. The van der Waals surface area contributed by atoms with Gasteiger partial charge in [-0.2, -0.15) is 0 Å². The van der Waals surface area contributed by atoms with Crippen molar-refractivity contribution in [1.82, 2.24) is 0 Å². The molecule has 0 fully saturated rings. The first-order valence-corrected chi connectivity index (χ1v) is 8.93. The van der Waals surface area contributed by atoms with Crippen LogP contribution in [0.1, 0.15) is 35.3 Å². The quantitative estimate of drug-likeness (QED) is 0.733. The number of ether oxygens (including phenoxy) is 2. The van der Waals surface area contributed by atoms with Crippen LogP contribution in [-0.4, -0.2) is 30.7 Å². The maximum Gasteiger partial charge on any atom is 0.411 e. The molecule has 0 spiro atoms. The maximum absolute atomic E-state index is 12.3. The molecule has 0 radical (unpaired) electrons. The lowest BCUT2D eigenvalue weighted by Crippen LogP contribution is -2.30. The molecule has 7 nitrogen and oxygen atoms in total. The molecule has 0 aromatic heterocycles. The molecule has 0 heterocycles. The molecule has 2 amide bonds. The van der Waals surface area contributed by atoms with Gasteiger partial charge in [-0.1, -0.05) is 23.8 Å². The molecular formula is C21H24N2O5. The number of aryl methyl sites for hydroxylation is 2. The third-order valence-electron chi connectivity index (χ3n) is 3.91. The maximum atomic E-state index is 12.3. The van der Waals surface area contributed by atoms with Crippen molar-refractivity contribution in [3.8, 4) is 0 Å². The molecule has 1 atom stereocenters. The summed E-state index contributed by atoms with van der Waals surface area (Å²) in [5.74, 6) is -1.10. The van der Waals surface area contributed by atoms with E-state index < -0.39 is 24.1 Å². The SMILES string of the molecule is CCOC(=O)Nc1cccc(C(=O)OC(C)C(=O)Nc2ccc(C)cc2C)c1. The predicted octanol–water partition coefficient (Wildman–Crippen LogP) is 4.06. The van der Waals surface area contributed by atoms with Crippen LogP contribution in [0.15, 0.2) is 42.5 Å². The van der Waals surface area contributed by atoms with Gasteiger partial charge < -0.3 is 14.8 Å². The van der Waals surface area contributed by atoms with E-state index in [-0.39, 0.29) is 12.2 Å². The Morgan fingerprint density at radius 1 is 1.04 bits per heavy atom. The van der Waals surface area contributed by atoms with Crippen molar-refractivity contribution in [1.29, 1.82) is 0 Å². The van der Waals surface area contributed by atoms with Gasteiger partial charge in [-0.3, -0.25) is 10.1 Å². The average molecular weight is 384 g/mol. The van der Waals surface area contributed by atoms with Crippen molar-refractivity contribution < 1.29 is 23.9 Å². The highest BCUT2D eigenvalue weighted by Crippen LogP contribution is 2.17. The normalized spacial score (nSPS) is 11.3. The Labute approximate surface area is 164 Å². The predicted molar refractivity (Wildman–Crippen MR) is 107 cm³/mol. The fourth-order valence-electron chi connectivity index (χ4n) is 2.48. The molecule has 0 aliphatic heterocycles. The van der Waals surface area contributed by atoms with E-state index in [9.17, 15) is 14.4 Å². The number of nitrogens with one attached hydrogen (secondary N) is 2. The van der Waals surface area contributed by atoms with Crippen LogP contribution in [0.2, 0.25) is 0 Å². The number of amides is 2. The first kappa shape index (κ1) is 21.0. The average Bonchev–Trinajstić information content (AvgIpc) is 2.64. The standard InChI is InChI=1S/C21H24N2O5/c1-5-27-21(26)22-17-8-6-7-16(12-17)20(25)28-15(4)19(24)23-18-10-9-13(2)11-14(18)3/h6-12,15H,5H2,1-4H3,(H,22,26)(H,23,24). The number of hydrogen-bond donors (Lipinski definition) is 2. The van der Waals surface area contributed by atoms with Gasteiger partial charge in [0.2, 0.25) is 0 Å². The third kappa shape index (κ3) is 5.84. The summed E-state index contributed by atoms with van der Waals surface area (Å²) < 4.78 is 10.0. The van der Waals surface area contributed by atoms with E-state index in [1.807, 2.05) is 32.0 Å². The van der Waals surface area contributed by atoms with Gasteiger partial charge in [0.25, 0.3) is 5.91 Å². The highest BCUT2D eigenvalue weighted by Gasteiger charge is 2.20. The van der Waals surface area contributed by atoms with Gasteiger partial charge in [0.1, 0.15) is 0 Å². The number of benzene rings is 2. The molecule has 0 saturated heterocycles. The molecule has 148 valence electrons. The first-order valence-electron chi connectivity index (χ1n) is 8.93. The summed E-state index contributed by atoms with van der Waals surface area (Å²) in [6.45, 7) is 7.28. The van der Waals surface area contributed by atoms with Crippen LogP contribution in [0.3, 0.4) is 0 Å². The molecule has 2 rings (SSSR count). The minimum Gasteiger partial charge on any atom is -0.450 e. The molecule has 0 saturated carbocycles. The lowest BCUT2D eigenvalue weighted by molar-refractivity contribution is -0.123. The van der Waals surface area contributed by atoms with Gasteiger partial charge in [0.15, 0.2) is 6.10 Å². The van der Waals surface area contributed by atoms with Crippen molar-refractivity contribution in [2.45, 2.75) is 33.8 Å². The molecule has 7 heteroatoms. The van der Waals surface area contributed by atoms with Gasteiger partial charge in [-0.15, -0.1) is 0 Å². The van der Waals surface area contributed by atoms with E-state index in [0.29, 0.717) is 11.4 Å². The van der Waals surface area contributed by atoms with Crippen molar-refractivity contribution in [2.24, 2.45) is 0 Å². The number of carbonyl (C=O) groups is 3. The zero-order valence-corrected chi connectivity index (χ0v) is 16.4. The fourth-order valence-corrected chi connectivity index (χ4v) is 2.48. The second-order valence-corrected chi connectivity index (χ2v) is 6.28. The minimum atomic E-state index is -0.991. The fraction of sp³-hybridized carbons (Fsp3) is 0.286. The van der Waals surface area contributed by atoms with E-state index in [1.54, 1.807) is 19.1 Å². The van der Waals surface area contributed by atoms with Crippen molar-refractivity contribution >= 4 is 29.3 Å². The van der Waals surface area contributed by atoms with E-state index >= 15 is 0 Å². The van der Waals surface area contributed by atoms with Gasteiger partial charge in [-0.25, -0.2) is 9.59 Å². The zero-order valence-electron chi connectivity index (χ0n) is 16.4. The summed E-state index contributed by atoms with van der Waals surface area (Å²) in [7, 11) is 0. The van der Waals surface area contributed by atoms with Crippen LogP contribution >= 0.6 is 0 Å². The molecule has 0 aliphatic carbocycles. The second kappa shape index (κ2) is 9.55. The topological polar surface area (TPSA) is 93.7 Å². The Balaban J connectivity index is 1.99. The van der Waals surface area contributed by atoms with Crippen molar-refractivity contribution in [2.75, 3.05) is 17.2 Å². The van der Waals surface area contributed by atoms with Crippen LogP contribution in [-0.2, 0) is 14.3 Å². The van der Waals surface area contributed by atoms with E-state index in [2.05, 4.69) is 10.6 Å². The Kier molecular flexibility index (Phi) is 7.14. The molecule has 2 aromatic rings. The minimum absolute atomic E-state index is 0.209. The van der Waals surface area contributed by atoms with Crippen LogP contribution in [0.25, 0.3) is 0 Å². The Bertz CT molecular complexity index is 879.